The molecule has 7 rings (SSSR count). The second-order valence-corrected chi connectivity index (χ2v) is 17.7. The van der Waals surface area contributed by atoms with Gasteiger partial charge in [0.1, 0.15) is 0 Å². The highest BCUT2D eigenvalue weighted by molar-refractivity contribution is 5.99. The number of benzene rings is 3. The summed E-state index contributed by atoms with van der Waals surface area (Å²) in [5.41, 5.74) is 3.15. The number of carbonyl (C=O) groups excluding carboxylic acids is 5. The summed E-state index contributed by atoms with van der Waals surface area (Å²) in [5.74, 6) is -2.37. The minimum Gasteiger partial charge on any atom is -0.375 e. The number of nitrogens with one attached hydrogen (secondary N) is 3. The van der Waals surface area contributed by atoms with E-state index in [1.807, 2.05) is 36.4 Å². The van der Waals surface area contributed by atoms with Crippen molar-refractivity contribution in [2.45, 2.75) is 114 Å². The van der Waals surface area contributed by atoms with Crippen LogP contribution < -0.4 is 16.0 Å². The lowest BCUT2D eigenvalue weighted by Crippen LogP contribution is -2.43. The second-order valence-electron chi connectivity index (χ2n) is 17.7. The molecule has 3 aromatic rings. The molecule has 3 N–H and O–H groups in total. The molecule has 2 saturated carbocycles. The predicted octanol–water partition coefficient (Wildman–Crippen LogP) is 6.84. The molecule has 0 unspecified atom stereocenters. The molecular formula is C50H65N5O6. The molecule has 2 saturated heterocycles. The smallest absolute Gasteiger partial charge is 0.253 e. The van der Waals surface area contributed by atoms with Gasteiger partial charge in [-0.15, -0.1) is 0 Å². The number of rotatable bonds is 21. The Bertz CT molecular complexity index is 1870. The first-order valence-corrected chi connectivity index (χ1v) is 23.0. The van der Waals surface area contributed by atoms with Crippen molar-refractivity contribution in [2.24, 2.45) is 17.8 Å². The first kappa shape index (κ1) is 44.0. The Kier molecular flexibility index (Phi) is 15.3. The highest BCUT2D eigenvalue weighted by atomic mass is 16.5. The van der Waals surface area contributed by atoms with Gasteiger partial charge < -0.3 is 30.5 Å². The summed E-state index contributed by atoms with van der Waals surface area (Å²) in [6, 6.07) is 26.8. The molecular weight excluding hydrogens is 767 g/mol. The summed E-state index contributed by atoms with van der Waals surface area (Å²) in [5, 5.41) is 9.48. The molecule has 3 aromatic carbocycles. The number of likely N-dealkylation sites (tertiary alicyclic amines) is 2. The molecule has 2 heterocycles. The molecule has 0 bridgehead atoms. The molecule has 4 aliphatic rings. The lowest BCUT2D eigenvalue weighted by Gasteiger charge is -2.18. The van der Waals surface area contributed by atoms with Crippen LogP contribution in [0.3, 0.4) is 0 Å². The standard InChI is InChI=1S/C50H65N5O6/c1-3-5-7-9-17-27-61-45-33-55(32-42(45)46(56)51-26-16-8-6-4-2)50(60)37-24-22-36(23-25-37)49(59)54-30-40(47(57)52-43-28-38(43)34-18-12-10-13-19-34)41(31-54)48(58)53-44-29-39(44)35-20-14-11-15-21-35/h10-15,18-25,38-45H,3-9,16-17,26-33H2,1-2H3,(H,51,56)(H,52,57)(H,53,58)/t38-,39-,40-,41-,42-,43+,44+,45-/m1/s1. The molecule has 4 fully saturated rings. The fourth-order valence-corrected chi connectivity index (χ4v) is 9.24. The van der Waals surface area contributed by atoms with Crippen molar-refractivity contribution in [1.82, 2.24) is 25.8 Å². The van der Waals surface area contributed by atoms with Crippen LogP contribution in [0.4, 0.5) is 0 Å². The summed E-state index contributed by atoms with van der Waals surface area (Å²) in [4.78, 5) is 72.4. The summed E-state index contributed by atoms with van der Waals surface area (Å²) in [6.07, 6.45) is 11.1. The summed E-state index contributed by atoms with van der Waals surface area (Å²) in [6.45, 7) is 6.34. The quantitative estimate of drug-likeness (QED) is 0.101. The fraction of sp³-hybridized carbons (Fsp3) is 0.540. The molecule has 0 spiro atoms. The maximum absolute atomic E-state index is 14.1. The van der Waals surface area contributed by atoms with Gasteiger partial charge in [-0.1, -0.05) is 119 Å². The van der Waals surface area contributed by atoms with E-state index in [4.69, 9.17) is 4.74 Å². The van der Waals surface area contributed by atoms with Gasteiger partial charge in [0, 0.05) is 74.4 Å². The first-order valence-electron chi connectivity index (χ1n) is 23.0. The Morgan fingerprint density at radius 1 is 0.541 bits per heavy atom. The van der Waals surface area contributed by atoms with E-state index < -0.39 is 17.8 Å². The van der Waals surface area contributed by atoms with Gasteiger partial charge in [-0.2, -0.15) is 0 Å². The van der Waals surface area contributed by atoms with Crippen LogP contribution in [0, 0.1) is 17.8 Å². The normalized spacial score (nSPS) is 25.2. The van der Waals surface area contributed by atoms with E-state index in [1.165, 1.54) is 24.0 Å². The zero-order valence-corrected chi connectivity index (χ0v) is 36.1. The summed E-state index contributed by atoms with van der Waals surface area (Å²) >= 11 is 0. The van der Waals surface area contributed by atoms with Gasteiger partial charge in [0.2, 0.25) is 17.7 Å². The molecule has 8 atom stereocenters. The van der Waals surface area contributed by atoms with Crippen LogP contribution in [0.5, 0.6) is 0 Å². The van der Waals surface area contributed by atoms with Crippen molar-refractivity contribution < 1.29 is 28.7 Å². The zero-order chi connectivity index (χ0) is 42.7. The Hall–Kier alpha value is -5.03. The average Bonchev–Trinajstić information content (AvgIpc) is 4.14. The van der Waals surface area contributed by atoms with E-state index in [2.05, 4.69) is 54.1 Å². The number of carbonyl (C=O) groups is 5. The van der Waals surface area contributed by atoms with Gasteiger partial charge in [0.05, 0.1) is 23.9 Å². The molecule has 11 heteroatoms. The maximum Gasteiger partial charge on any atom is 0.253 e. The highest BCUT2D eigenvalue weighted by Crippen LogP contribution is 2.42. The molecule has 326 valence electrons. The molecule has 2 aliphatic carbocycles. The van der Waals surface area contributed by atoms with E-state index >= 15 is 0 Å². The van der Waals surface area contributed by atoms with Crippen LogP contribution in [0.2, 0.25) is 0 Å². The number of hydrogen-bond acceptors (Lipinski definition) is 6. The summed E-state index contributed by atoms with van der Waals surface area (Å²) in [7, 11) is 0. The van der Waals surface area contributed by atoms with Crippen molar-refractivity contribution >= 4 is 29.5 Å². The van der Waals surface area contributed by atoms with Crippen LogP contribution in [0.25, 0.3) is 0 Å². The lowest BCUT2D eigenvalue weighted by atomic mass is 9.94. The van der Waals surface area contributed by atoms with Crippen molar-refractivity contribution in [2.75, 3.05) is 39.3 Å². The zero-order valence-electron chi connectivity index (χ0n) is 36.1. The van der Waals surface area contributed by atoms with Crippen LogP contribution in [0.15, 0.2) is 84.9 Å². The van der Waals surface area contributed by atoms with Crippen molar-refractivity contribution in [3.05, 3.63) is 107 Å². The number of hydrogen-bond donors (Lipinski definition) is 3. The largest absolute Gasteiger partial charge is 0.375 e. The third-order valence-corrected chi connectivity index (χ3v) is 13.2. The van der Waals surface area contributed by atoms with E-state index in [1.54, 1.807) is 34.1 Å². The third kappa shape index (κ3) is 11.5. The Morgan fingerprint density at radius 2 is 1.00 bits per heavy atom. The second kappa shape index (κ2) is 21.2. The van der Waals surface area contributed by atoms with Crippen LogP contribution >= 0.6 is 0 Å². The SMILES string of the molecule is CCCCCCCO[C@@H]1CN(C(=O)c2ccc(C(=O)N3C[C@@H](C(=O)N[C@H]4C[C@@H]4c4ccccc4)[C@H](C(=O)N[C@H]4C[C@@H]4c4ccccc4)C3)cc2)C[C@H]1C(=O)NCCCCCC. The van der Waals surface area contributed by atoms with Gasteiger partial charge in [-0.25, -0.2) is 0 Å². The number of nitrogens with zero attached hydrogens (tertiary/aromatic N) is 2. The number of amides is 5. The maximum atomic E-state index is 14.1. The average molecular weight is 832 g/mol. The summed E-state index contributed by atoms with van der Waals surface area (Å²) < 4.78 is 6.27. The molecule has 5 amide bonds. The predicted molar refractivity (Wildman–Crippen MR) is 236 cm³/mol. The number of unbranched alkanes of at least 4 members (excludes halogenated alkanes) is 7. The lowest BCUT2D eigenvalue weighted by molar-refractivity contribution is -0.133. The van der Waals surface area contributed by atoms with Crippen molar-refractivity contribution in [3.63, 3.8) is 0 Å². The minimum atomic E-state index is -0.695. The molecule has 0 aromatic heterocycles. The fourth-order valence-electron chi connectivity index (χ4n) is 9.24. The van der Waals surface area contributed by atoms with Gasteiger partial charge in [0.25, 0.3) is 11.8 Å². The Morgan fingerprint density at radius 3 is 1.51 bits per heavy atom. The van der Waals surface area contributed by atoms with E-state index in [9.17, 15) is 24.0 Å². The van der Waals surface area contributed by atoms with Crippen LogP contribution in [-0.4, -0.2) is 96.9 Å². The highest BCUT2D eigenvalue weighted by Gasteiger charge is 2.49. The van der Waals surface area contributed by atoms with Gasteiger partial charge in [-0.3, -0.25) is 24.0 Å². The van der Waals surface area contributed by atoms with Crippen LogP contribution in [0.1, 0.15) is 128 Å². The van der Waals surface area contributed by atoms with Crippen LogP contribution in [-0.2, 0) is 19.1 Å². The van der Waals surface area contributed by atoms with E-state index in [0.717, 1.165) is 57.8 Å². The minimum absolute atomic E-state index is 0.00690. The Labute approximate surface area is 361 Å². The molecule has 0 radical (unpaired) electrons. The van der Waals surface area contributed by atoms with E-state index in [-0.39, 0.29) is 79.2 Å². The molecule has 2 aliphatic heterocycles. The van der Waals surface area contributed by atoms with Gasteiger partial charge >= 0.3 is 0 Å². The van der Waals surface area contributed by atoms with E-state index in [0.29, 0.717) is 30.8 Å². The monoisotopic (exact) mass is 831 g/mol. The Balaban J connectivity index is 0.981. The topological polar surface area (TPSA) is 137 Å². The van der Waals surface area contributed by atoms with Gasteiger partial charge in [0.15, 0.2) is 0 Å². The van der Waals surface area contributed by atoms with Crippen molar-refractivity contribution in [1.29, 1.82) is 0 Å². The van der Waals surface area contributed by atoms with Gasteiger partial charge in [-0.05, 0) is 61.1 Å². The third-order valence-electron chi connectivity index (χ3n) is 13.2. The molecule has 11 nitrogen and oxygen atoms in total. The van der Waals surface area contributed by atoms with Crippen molar-refractivity contribution in [3.8, 4) is 0 Å². The molecule has 61 heavy (non-hydrogen) atoms. The number of ether oxygens (including phenoxy) is 1. The first-order chi connectivity index (χ1) is 29.7.